The number of nitrogens with zero attached hydrogens (tertiary/aromatic N) is 1. The number of anilines is 1. The van der Waals surface area contributed by atoms with Crippen LogP contribution in [0.15, 0.2) is 48.5 Å². The van der Waals surface area contributed by atoms with Crippen LogP contribution in [0.3, 0.4) is 0 Å². The number of fused-ring (bicyclic) bond motifs is 1. The molecule has 1 aliphatic carbocycles. The maximum absolute atomic E-state index is 6.14. The molecule has 0 radical (unpaired) electrons. The summed E-state index contributed by atoms with van der Waals surface area (Å²) in [4.78, 5) is 2.69. The fraction of sp³-hybridized carbons (Fsp3) is 0.429. The van der Waals surface area contributed by atoms with Crippen molar-refractivity contribution in [3.8, 4) is 0 Å². The Balaban J connectivity index is 1.67. The van der Waals surface area contributed by atoms with Crippen molar-refractivity contribution in [3.05, 3.63) is 65.2 Å². The van der Waals surface area contributed by atoms with E-state index in [0.29, 0.717) is 6.04 Å². The largest absolute Gasteiger partial charge is 0.398 e. The van der Waals surface area contributed by atoms with Gasteiger partial charge in [0, 0.05) is 18.3 Å². The van der Waals surface area contributed by atoms with Gasteiger partial charge in [0.15, 0.2) is 0 Å². The van der Waals surface area contributed by atoms with Crippen molar-refractivity contribution in [2.24, 2.45) is 0 Å². The van der Waals surface area contributed by atoms with Crippen molar-refractivity contribution in [1.82, 2.24) is 4.90 Å². The van der Waals surface area contributed by atoms with E-state index in [-0.39, 0.29) is 0 Å². The Morgan fingerprint density at radius 3 is 2.65 bits per heavy atom. The minimum absolute atomic E-state index is 0.660. The highest BCUT2D eigenvalue weighted by atomic mass is 15.1. The van der Waals surface area contributed by atoms with Crippen molar-refractivity contribution in [3.63, 3.8) is 0 Å². The van der Waals surface area contributed by atoms with Gasteiger partial charge >= 0.3 is 0 Å². The topological polar surface area (TPSA) is 29.3 Å². The molecular formula is C21H28N2. The molecule has 3 rings (SSSR count). The van der Waals surface area contributed by atoms with Crippen molar-refractivity contribution in [1.29, 1.82) is 0 Å². The van der Waals surface area contributed by atoms with Crippen molar-refractivity contribution in [2.45, 2.75) is 45.1 Å². The summed E-state index contributed by atoms with van der Waals surface area (Å²) in [6.45, 7) is 4.62. The zero-order valence-corrected chi connectivity index (χ0v) is 14.2. The molecular weight excluding hydrogens is 280 g/mol. The molecule has 0 saturated carbocycles. The summed E-state index contributed by atoms with van der Waals surface area (Å²) in [5.41, 5.74) is 11.4. The molecule has 2 aromatic rings. The smallest absolute Gasteiger partial charge is 0.0349 e. The van der Waals surface area contributed by atoms with Gasteiger partial charge in [-0.1, -0.05) is 49.4 Å². The maximum Gasteiger partial charge on any atom is 0.0349 e. The van der Waals surface area contributed by atoms with Crippen LogP contribution in [0.25, 0.3) is 0 Å². The minimum atomic E-state index is 0.660. The number of nitrogen functional groups attached to an aromatic ring is 1. The molecule has 0 saturated heterocycles. The number of benzene rings is 2. The van der Waals surface area contributed by atoms with Crippen molar-refractivity contribution in [2.75, 3.05) is 18.8 Å². The Bertz CT molecular complexity index is 621. The van der Waals surface area contributed by atoms with Crippen LogP contribution in [-0.4, -0.2) is 24.0 Å². The Labute approximate surface area is 140 Å². The van der Waals surface area contributed by atoms with Crippen LogP contribution in [0.4, 0.5) is 5.69 Å². The fourth-order valence-corrected chi connectivity index (χ4v) is 3.81. The van der Waals surface area contributed by atoms with Gasteiger partial charge in [0.05, 0.1) is 0 Å². The lowest BCUT2D eigenvalue weighted by Crippen LogP contribution is -2.41. The maximum atomic E-state index is 6.14. The first-order valence-corrected chi connectivity index (χ1v) is 8.92. The molecule has 0 aromatic heterocycles. The molecule has 23 heavy (non-hydrogen) atoms. The standard InChI is InChI=1S/C21H28N2/c1-2-14-23(15-13-17-7-4-3-5-8-17)19-11-12-20-18(16-19)9-6-10-21(20)22/h3-10,19H,2,11-16,22H2,1H3. The highest BCUT2D eigenvalue weighted by Gasteiger charge is 2.24. The van der Waals surface area contributed by atoms with E-state index in [9.17, 15) is 0 Å². The molecule has 2 aromatic carbocycles. The predicted octanol–water partition coefficient (Wildman–Crippen LogP) is 4.08. The average molecular weight is 308 g/mol. The quantitative estimate of drug-likeness (QED) is 0.815. The Kier molecular flexibility index (Phi) is 5.35. The number of rotatable bonds is 6. The van der Waals surface area contributed by atoms with Gasteiger partial charge < -0.3 is 5.73 Å². The van der Waals surface area contributed by atoms with Gasteiger partial charge in [-0.2, -0.15) is 0 Å². The summed E-state index contributed by atoms with van der Waals surface area (Å²) >= 11 is 0. The first-order valence-electron chi connectivity index (χ1n) is 8.92. The fourth-order valence-electron chi connectivity index (χ4n) is 3.81. The zero-order chi connectivity index (χ0) is 16.1. The van der Waals surface area contributed by atoms with Gasteiger partial charge in [0.25, 0.3) is 0 Å². The second-order valence-corrected chi connectivity index (χ2v) is 6.65. The van der Waals surface area contributed by atoms with E-state index >= 15 is 0 Å². The van der Waals surface area contributed by atoms with Gasteiger partial charge in [-0.3, -0.25) is 4.90 Å². The van der Waals surface area contributed by atoms with Gasteiger partial charge in [-0.25, -0.2) is 0 Å². The molecule has 2 N–H and O–H groups in total. The summed E-state index contributed by atoms with van der Waals surface area (Å²) in [6.07, 6.45) is 5.86. The van der Waals surface area contributed by atoms with Crippen LogP contribution in [0.1, 0.15) is 36.5 Å². The van der Waals surface area contributed by atoms with Gasteiger partial charge in [-0.05, 0) is 61.4 Å². The summed E-state index contributed by atoms with van der Waals surface area (Å²) < 4.78 is 0. The van der Waals surface area contributed by atoms with Crippen LogP contribution in [-0.2, 0) is 19.3 Å². The van der Waals surface area contributed by atoms with E-state index in [1.54, 1.807) is 0 Å². The highest BCUT2D eigenvalue weighted by Crippen LogP contribution is 2.28. The van der Waals surface area contributed by atoms with Crippen molar-refractivity contribution < 1.29 is 0 Å². The van der Waals surface area contributed by atoms with Crippen molar-refractivity contribution >= 4 is 5.69 Å². The summed E-state index contributed by atoms with van der Waals surface area (Å²) in [5.74, 6) is 0. The van der Waals surface area contributed by atoms with Gasteiger partial charge in [0.2, 0.25) is 0 Å². The Hall–Kier alpha value is -1.80. The average Bonchev–Trinajstić information content (AvgIpc) is 2.59. The molecule has 2 nitrogen and oxygen atoms in total. The highest BCUT2D eigenvalue weighted by molar-refractivity contribution is 5.52. The van der Waals surface area contributed by atoms with Gasteiger partial charge in [-0.15, -0.1) is 0 Å². The molecule has 0 amide bonds. The molecule has 0 bridgehead atoms. The van der Waals surface area contributed by atoms with E-state index in [1.807, 2.05) is 6.07 Å². The van der Waals surface area contributed by atoms with E-state index in [4.69, 9.17) is 5.73 Å². The second kappa shape index (κ2) is 7.65. The molecule has 2 heteroatoms. The predicted molar refractivity (Wildman–Crippen MR) is 98.7 cm³/mol. The first-order chi connectivity index (χ1) is 11.3. The number of hydrogen-bond donors (Lipinski definition) is 1. The molecule has 1 atom stereocenters. The third-order valence-electron chi connectivity index (χ3n) is 5.05. The Morgan fingerprint density at radius 1 is 1.04 bits per heavy atom. The number of hydrogen-bond acceptors (Lipinski definition) is 2. The lowest BCUT2D eigenvalue weighted by Gasteiger charge is -2.35. The molecule has 0 aliphatic heterocycles. The molecule has 0 fully saturated rings. The number of nitrogens with two attached hydrogens (primary N) is 1. The monoisotopic (exact) mass is 308 g/mol. The summed E-state index contributed by atoms with van der Waals surface area (Å²) in [5, 5.41) is 0. The normalized spacial score (nSPS) is 17.2. The van der Waals surface area contributed by atoms with Gasteiger partial charge in [0.1, 0.15) is 0 Å². The molecule has 1 aliphatic rings. The van der Waals surface area contributed by atoms with Crippen LogP contribution >= 0.6 is 0 Å². The van der Waals surface area contributed by atoms with Crippen LogP contribution < -0.4 is 5.73 Å². The van der Waals surface area contributed by atoms with Crippen LogP contribution in [0.2, 0.25) is 0 Å². The molecule has 122 valence electrons. The van der Waals surface area contributed by atoms with Crippen LogP contribution in [0.5, 0.6) is 0 Å². The second-order valence-electron chi connectivity index (χ2n) is 6.65. The molecule has 0 heterocycles. The SMILES string of the molecule is CCCN(CCc1ccccc1)C1CCc2c(N)cccc2C1. The minimum Gasteiger partial charge on any atom is -0.398 e. The van der Waals surface area contributed by atoms with E-state index < -0.39 is 0 Å². The van der Waals surface area contributed by atoms with E-state index in [0.717, 1.165) is 31.5 Å². The van der Waals surface area contributed by atoms with E-state index in [1.165, 1.54) is 36.1 Å². The lowest BCUT2D eigenvalue weighted by atomic mass is 9.86. The van der Waals surface area contributed by atoms with Crippen LogP contribution in [0, 0.1) is 0 Å². The van der Waals surface area contributed by atoms with E-state index in [2.05, 4.69) is 54.3 Å². The summed E-state index contributed by atoms with van der Waals surface area (Å²) in [7, 11) is 0. The lowest BCUT2D eigenvalue weighted by molar-refractivity contribution is 0.182. The third kappa shape index (κ3) is 3.94. The Morgan fingerprint density at radius 2 is 1.87 bits per heavy atom. The first kappa shape index (κ1) is 16.1. The zero-order valence-electron chi connectivity index (χ0n) is 14.2. The molecule has 0 spiro atoms. The third-order valence-corrected chi connectivity index (χ3v) is 5.05. The molecule has 1 unspecified atom stereocenters. The summed E-state index contributed by atoms with van der Waals surface area (Å²) in [6, 6.07) is 17.9.